The Balaban J connectivity index is 1.76. The van der Waals surface area contributed by atoms with Crippen molar-refractivity contribution in [3.63, 3.8) is 0 Å². The number of carbonyl (C=O) groups is 2. The molecule has 0 radical (unpaired) electrons. The Morgan fingerprint density at radius 1 is 1.45 bits per heavy atom. The summed E-state index contributed by atoms with van der Waals surface area (Å²) in [6, 6.07) is 3.72. The summed E-state index contributed by atoms with van der Waals surface area (Å²) in [4.78, 5) is 40.3. The summed E-state index contributed by atoms with van der Waals surface area (Å²) in [6.07, 6.45) is 3.95. The second-order valence-electron chi connectivity index (χ2n) is 7.63. The van der Waals surface area contributed by atoms with Crippen LogP contribution in [0.25, 0.3) is 11.0 Å². The molecule has 3 heterocycles. The molecule has 2 atom stereocenters. The summed E-state index contributed by atoms with van der Waals surface area (Å²) >= 11 is 0. The van der Waals surface area contributed by atoms with Crippen molar-refractivity contribution in [1.82, 2.24) is 19.9 Å². The monoisotopic (exact) mass is 425 g/mol. The molecule has 31 heavy (non-hydrogen) atoms. The highest BCUT2D eigenvalue weighted by molar-refractivity contribution is 5.95. The number of amides is 1. The molecular formula is C21H27N7O3. The van der Waals surface area contributed by atoms with E-state index >= 15 is 0 Å². The van der Waals surface area contributed by atoms with Crippen LogP contribution in [0.2, 0.25) is 0 Å². The number of carbonyl (C=O) groups excluding carboxylic acids is 2. The number of H-pyrrole nitrogens is 1. The highest BCUT2D eigenvalue weighted by Crippen LogP contribution is 2.29. The maximum atomic E-state index is 12.9. The molecule has 2 unspecified atom stereocenters. The normalized spacial score (nSPS) is 19.5. The maximum absolute atomic E-state index is 12.9. The van der Waals surface area contributed by atoms with Crippen LogP contribution in [0.4, 0.5) is 5.82 Å². The molecule has 1 aliphatic heterocycles. The first-order valence-corrected chi connectivity index (χ1v) is 10.2. The summed E-state index contributed by atoms with van der Waals surface area (Å²) in [5.74, 6) is 0.0970. The second-order valence-corrected chi connectivity index (χ2v) is 7.63. The fraction of sp³-hybridized carbons (Fsp3) is 0.476. The van der Waals surface area contributed by atoms with Crippen molar-refractivity contribution in [1.29, 1.82) is 5.26 Å². The van der Waals surface area contributed by atoms with E-state index in [1.165, 1.54) is 6.33 Å². The number of aromatic amines is 1. The van der Waals surface area contributed by atoms with Crippen LogP contribution in [0.1, 0.15) is 26.7 Å². The predicted octanol–water partition coefficient (Wildman–Crippen LogP) is 1.32. The summed E-state index contributed by atoms with van der Waals surface area (Å²) < 4.78 is 4.84. The fourth-order valence-electron chi connectivity index (χ4n) is 3.89. The van der Waals surface area contributed by atoms with Gasteiger partial charge in [0.2, 0.25) is 5.91 Å². The number of nitrogens with one attached hydrogen (secondary N) is 1. The molecular weight excluding hydrogens is 398 g/mol. The smallest absolute Gasteiger partial charge is 0.350 e. The van der Waals surface area contributed by atoms with Crippen molar-refractivity contribution in [3.8, 4) is 6.07 Å². The van der Waals surface area contributed by atoms with Crippen molar-refractivity contribution in [2.24, 2.45) is 11.7 Å². The molecule has 2 aromatic rings. The van der Waals surface area contributed by atoms with Crippen molar-refractivity contribution in [2.45, 2.75) is 32.7 Å². The van der Waals surface area contributed by atoms with E-state index in [1.54, 1.807) is 17.9 Å². The van der Waals surface area contributed by atoms with E-state index < -0.39 is 5.97 Å². The molecule has 0 aromatic carbocycles. The first-order valence-electron chi connectivity index (χ1n) is 10.2. The first kappa shape index (κ1) is 22.1. The number of rotatable bonds is 6. The second kappa shape index (κ2) is 9.47. The molecule has 10 heteroatoms. The number of nitriles is 1. The van der Waals surface area contributed by atoms with Gasteiger partial charge in [-0.2, -0.15) is 5.26 Å². The van der Waals surface area contributed by atoms with Gasteiger partial charge in [-0.3, -0.25) is 4.79 Å². The van der Waals surface area contributed by atoms with Gasteiger partial charge in [0, 0.05) is 32.0 Å². The summed E-state index contributed by atoms with van der Waals surface area (Å²) in [5.41, 5.74) is 6.28. The highest BCUT2D eigenvalue weighted by Gasteiger charge is 2.33. The van der Waals surface area contributed by atoms with Gasteiger partial charge in [-0.05, 0) is 25.3 Å². The third-order valence-electron chi connectivity index (χ3n) is 5.69. The topological polar surface area (TPSA) is 141 Å². The van der Waals surface area contributed by atoms with Crippen LogP contribution in [0.3, 0.4) is 0 Å². The summed E-state index contributed by atoms with van der Waals surface area (Å²) in [6.45, 7) is 4.99. The number of fused-ring (bicyclic) bond motifs is 1. The minimum atomic E-state index is -0.806. The molecule has 2 aromatic heterocycles. The summed E-state index contributed by atoms with van der Waals surface area (Å²) in [5, 5.41) is 10.1. The predicted molar refractivity (Wildman–Crippen MR) is 115 cm³/mol. The lowest BCUT2D eigenvalue weighted by Gasteiger charge is -2.42. The zero-order valence-electron chi connectivity index (χ0n) is 18.0. The third-order valence-corrected chi connectivity index (χ3v) is 5.69. The average molecular weight is 425 g/mol. The molecule has 3 rings (SSSR count). The van der Waals surface area contributed by atoms with Crippen LogP contribution in [0.15, 0.2) is 29.9 Å². The highest BCUT2D eigenvalue weighted by atomic mass is 16.5. The van der Waals surface area contributed by atoms with Crippen LogP contribution >= 0.6 is 0 Å². The van der Waals surface area contributed by atoms with E-state index in [1.807, 2.05) is 19.3 Å². The molecule has 1 aliphatic rings. The number of hydrogen-bond acceptors (Lipinski definition) is 8. The zero-order chi connectivity index (χ0) is 22.5. The van der Waals surface area contributed by atoms with Gasteiger partial charge in [0.05, 0.1) is 24.5 Å². The molecule has 0 spiro atoms. The molecule has 1 amide bonds. The largest absolute Gasteiger partial charge is 0.462 e. The quantitative estimate of drug-likeness (QED) is 0.401. The van der Waals surface area contributed by atoms with Gasteiger partial charge in [-0.25, -0.2) is 14.8 Å². The molecule has 0 aliphatic carbocycles. The van der Waals surface area contributed by atoms with Gasteiger partial charge in [0.25, 0.3) is 0 Å². The number of piperidine rings is 1. The lowest BCUT2D eigenvalue weighted by atomic mass is 9.92. The van der Waals surface area contributed by atoms with Crippen molar-refractivity contribution >= 4 is 28.7 Å². The van der Waals surface area contributed by atoms with E-state index in [0.29, 0.717) is 19.0 Å². The van der Waals surface area contributed by atoms with Crippen molar-refractivity contribution in [2.75, 3.05) is 31.6 Å². The summed E-state index contributed by atoms with van der Waals surface area (Å²) in [7, 11) is 1.97. The number of esters is 1. The fourth-order valence-corrected chi connectivity index (χ4v) is 3.89. The van der Waals surface area contributed by atoms with E-state index in [2.05, 4.69) is 26.8 Å². The van der Waals surface area contributed by atoms with Gasteiger partial charge in [-0.15, -0.1) is 0 Å². The lowest BCUT2D eigenvalue weighted by Crippen LogP contribution is -2.53. The zero-order valence-corrected chi connectivity index (χ0v) is 18.0. The van der Waals surface area contributed by atoms with Crippen LogP contribution in [-0.2, 0) is 14.3 Å². The lowest BCUT2D eigenvalue weighted by molar-refractivity contribution is -0.138. The Hall–Kier alpha value is -3.61. The van der Waals surface area contributed by atoms with Gasteiger partial charge >= 0.3 is 5.97 Å². The van der Waals surface area contributed by atoms with Crippen LogP contribution in [0.5, 0.6) is 0 Å². The van der Waals surface area contributed by atoms with Crippen molar-refractivity contribution in [3.05, 3.63) is 29.9 Å². The van der Waals surface area contributed by atoms with E-state index in [0.717, 1.165) is 23.3 Å². The van der Waals surface area contributed by atoms with E-state index in [-0.39, 0.29) is 36.2 Å². The van der Waals surface area contributed by atoms with Crippen LogP contribution in [0, 0.1) is 17.2 Å². The van der Waals surface area contributed by atoms with E-state index in [4.69, 9.17) is 10.5 Å². The Labute approximate surface area is 180 Å². The first-order chi connectivity index (χ1) is 14.9. The molecule has 1 fully saturated rings. The SMILES string of the molecule is CCOC(=O)/C(C#N)=C(/N)CC(=O)N1CCC(C)C(N(C)c2ncnc3[nH]ccc23)C1. The number of ether oxygens (including phenoxy) is 1. The number of hydrogen-bond donors (Lipinski definition) is 2. The number of nitrogens with two attached hydrogens (primary N) is 1. The maximum Gasteiger partial charge on any atom is 0.350 e. The van der Waals surface area contributed by atoms with E-state index in [9.17, 15) is 14.9 Å². The number of aromatic nitrogens is 3. The van der Waals surface area contributed by atoms with Gasteiger partial charge in [0.15, 0.2) is 5.57 Å². The molecule has 10 nitrogen and oxygen atoms in total. The minimum Gasteiger partial charge on any atom is -0.462 e. The Kier molecular flexibility index (Phi) is 6.74. The Morgan fingerprint density at radius 3 is 2.94 bits per heavy atom. The third kappa shape index (κ3) is 4.60. The number of nitrogens with zero attached hydrogens (tertiary/aromatic N) is 5. The molecule has 164 valence electrons. The molecule has 1 saturated heterocycles. The van der Waals surface area contributed by atoms with Crippen LogP contribution in [-0.4, -0.2) is 64.5 Å². The van der Waals surface area contributed by atoms with Crippen molar-refractivity contribution < 1.29 is 14.3 Å². The number of likely N-dealkylation sites (N-methyl/N-ethyl adjacent to an activating group) is 1. The van der Waals surface area contributed by atoms with Gasteiger partial charge in [0.1, 0.15) is 23.9 Å². The Morgan fingerprint density at radius 2 is 2.23 bits per heavy atom. The molecule has 3 N–H and O–H groups in total. The number of likely N-dealkylation sites (tertiary alicyclic amines) is 1. The van der Waals surface area contributed by atoms with Crippen LogP contribution < -0.4 is 10.6 Å². The van der Waals surface area contributed by atoms with Gasteiger partial charge in [-0.1, -0.05) is 6.92 Å². The molecule has 0 saturated carbocycles. The standard InChI is InChI=1S/C21H27N7O3/c1-4-31-21(30)15(10-22)16(23)9-18(29)28-8-6-13(2)17(11-28)27(3)20-14-5-7-24-19(14)25-12-26-20/h5,7,12-13,17H,4,6,8-9,11,23H2,1-3H3,(H,24,25,26)/b16-15+. The Bertz CT molecular complexity index is 1040. The average Bonchev–Trinajstić information content (AvgIpc) is 3.23. The van der Waals surface area contributed by atoms with Gasteiger partial charge < -0.3 is 25.3 Å². The number of anilines is 1. The molecule has 0 bridgehead atoms. The minimum absolute atomic E-state index is 0.0383.